The van der Waals surface area contributed by atoms with Crippen molar-refractivity contribution in [1.82, 2.24) is 0 Å². The molecule has 0 aromatic heterocycles. The molecule has 1 aromatic rings. The number of hydrogen-bond donors (Lipinski definition) is 0. The average Bonchev–Trinajstić information content (AvgIpc) is 2.32. The molecule has 0 aliphatic heterocycles. The van der Waals surface area contributed by atoms with Gasteiger partial charge in [0.1, 0.15) is 0 Å². The van der Waals surface area contributed by atoms with E-state index in [4.69, 9.17) is 0 Å². The molecule has 0 unspecified atom stereocenters. The summed E-state index contributed by atoms with van der Waals surface area (Å²) >= 11 is 0. The van der Waals surface area contributed by atoms with Crippen molar-refractivity contribution >= 4 is 5.78 Å². The lowest BCUT2D eigenvalue weighted by atomic mass is 9.94. The van der Waals surface area contributed by atoms with Crippen LogP contribution in [-0.4, -0.2) is 5.78 Å². The van der Waals surface area contributed by atoms with E-state index < -0.39 is 0 Å². The molecular formula is C18H28O. The van der Waals surface area contributed by atoms with Crippen molar-refractivity contribution in [3.05, 3.63) is 34.4 Å². The summed E-state index contributed by atoms with van der Waals surface area (Å²) < 4.78 is 0. The van der Waals surface area contributed by atoms with Crippen molar-refractivity contribution in [3.8, 4) is 0 Å². The fraction of sp³-hybridized carbons (Fsp3) is 0.611. The Morgan fingerprint density at radius 1 is 0.895 bits per heavy atom. The predicted molar refractivity (Wildman–Crippen MR) is 83.0 cm³/mol. The molecule has 0 spiro atoms. The van der Waals surface area contributed by atoms with Crippen LogP contribution in [0.4, 0.5) is 0 Å². The summed E-state index contributed by atoms with van der Waals surface area (Å²) in [4.78, 5) is 12.3. The van der Waals surface area contributed by atoms with E-state index in [1.54, 1.807) is 0 Å². The third-order valence-corrected chi connectivity index (χ3v) is 3.71. The van der Waals surface area contributed by atoms with Gasteiger partial charge in [-0.15, -0.1) is 0 Å². The van der Waals surface area contributed by atoms with E-state index in [9.17, 15) is 4.79 Å². The van der Waals surface area contributed by atoms with Gasteiger partial charge in [-0.2, -0.15) is 0 Å². The highest BCUT2D eigenvalue weighted by Gasteiger charge is 2.12. The molecule has 1 aromatic carbocycles. The van der Waals surface area contributed by atoms with Gasteiger partial charge in [-0.25, -0.2) is 0 Å². The number of carbonyl (C=O) groups is 1. The first-order valence-corrected chi connectivity index (χ1v) is 7.67. The summed E-state index contributed by atoms with van der Waals surface area (Å²) in [6.45, 7) is 8.41. The fourth-order valence-corrected chi connectivity index (χ4v) is 2.81. The second-order valence-corrected chi connectivity index (χ2v) is 5.71. The number of benzene rings is 1. The minimum absolute atomic E-state index is 0.325. The molecule has 1 nitrogen and oxygen atoms in total. The molecule has 0 atom stereocenters. The molecule has 19 heavy (non-hydrogen) atoms. The van der Waals surface area contributed by atoms with Gasteiger partial charge in [0.05, 0.1) is 0 Å². The lowest BCUT2D eigenvalue weighted by Gasteiger charge is -2.10. The molecular weight excluding hydrogens is 232 g/mol. The van der Waals surface area contributed by atoms with Crippen LogP contribution in [0, 0.1) is 20.8 Å². The Morgan fingerprint density at radius 2 is 1.42 bits per heavy atom. The Kier molecular flexibility index (Phi) is 6.83. The van der Waals surface area contributed by atoms with Crippen LogP contribution in [0.2, 0.25) is 0 Å². The van der Waals surface area contributed by atoms with Crippen LogP contribution >= 0.6 is 0 Å². The highest BCUT2D eigenvalue weighted by molar-refractivity contribution is 5.98. The topological polar surface area (TPSA) is 17.1 Å². The van der Waals surface area contributed by atoms with Crippen LogP contribution in [-0.2, 0) is 0 Å². The Bertz CT molecular complexity index is 395. The van der Waals surface area contributed by atoms with Crippen LogP contribution in [0.5, 0.6) is 0 Å². The summed E-state index contributed by atoms with van der Waals surface area (Å²) in [7, 11) is 0. The standard InChI is InChI=1S/C18H28O/c1-5-6-7-8-9-10-11-17(19)18-15(3)12-14(2)13-16(18)4/h12-13H,5-11H2,1-4H3. The molecule has 1 heteroatoms. The van der Waals surface area contributed by atoms with E-state index in [0.717, 1.165) is 23.1 Å². The Morgan fingerprint density at radius 3 is 2.00 bits per heavy atom. The van der Waals surface area contributed by atoms with Gasteiger partial charge >= 0.3 is 0 Å². The van der Waals surface area contributed by atoms with Crippen molar-refractivity contribution in [2.75, 3.05) is 0 Å². The summed E-state index contributed by atoms with van der Waals surface area (Å²) in [6, 6.07) is 4.23. The van der Waals surface area contributed by atoms with Crippen LogP contribution in [0.15, 0.2) is 12.1 Å². The molecule has 106 valence electrons. The molecule has 0 amide bonds. The van der Waals surface area contributed by atoms with Crippen LogP contribution in [0.3, 0.4) is 0 Å². The van der Waals surface area contributed by atoms with E-state index >= 15 is 0 Å². The Hall–Kier alpha value is -1.11. The van der Waals surface area contributed by atoms with Gasteiger partial charge in [-0.1, -0.05) is 56.7 Å². The maximum Gasteiger partial charge on any atom is 0.163 e. The predicted octanol–water partition coefficient (Wildman–Crippen LogP) is 5.55. The lowest BCUT2D eigenvalue weighted by molar-refractivity contribution is 0.0978. The zero-order valence-electron chi connectivity index (χ0n) is 13.0. The van der Waals surface area contributed by atoms with Gasteiger partial charge in [-0.05, 0) is 38.3 Å². The zero-order valence-corrected chi connectivity index (χ0v) is 13.0. The smallest absolute Gasteiger partial charge is 0.163 e. The zero-order chi connectivity index (χ0) is 14.3. The molecule has 0 saturated carbocycles. The second kappa shape index (κ2) is 8.14. The number of unbranched alkanes of at least 4 members (excludes halogenated alkanes) is 5. The van der Waals surface area contributed by atoms with Crippen LogP contribution in [0.25, 0.3) is 0 Å². The Labute approximate surface area is 118 Å². The van der Waals surface area contributed by atoms with Crippen LogP contribution < -0.4 is 0 Å². The first-order chi connectivity index (χ1) is 9.06. The van der Waals surface area contributed by atoms with E-state index in [-0.39, 0.29) is 0 Å². The van der Waals surface area contributed by atoms with E-state index in [2.05, 4.69) is 39.8 Å². The molecule has 0 bridgehead atoms. The number of aryl methyl sites for hydroxylation is 3. The molecule has 0 heterocycles. The van der Waals surface area contributed by atoms with E-state index in [0.29, 0.717) is 12.2 Å². The normalized spacial score (nSPS) is 10.7. The van der Waals surface area contributed by atoms with Crippen molar-refractivity contribution in [2.24, 2.45) is 0 Å². The monoisotopic (exact) mass is 260 g/mol. The first kappa shape index (κ1) is 15.9. The van der Waals surface area contributed by atoms with Crippen LogP contribution in [0.1, 0.15) is 78.9 Å². The molecule has 0 N–H and O–H groups in total. The Balaban J connectivity index is 2.46. The fourth-order valence-electron chi connectivity index (χ4n) is 2.81. The average molecular weight is 260 g/mol. The maximum absolute atomic E-state index is 12.3. The molecule has 0 fully saturated rings. The van der Waals surface area contributed by atoms with Crippen molar-refractivity contribution in [3.63, 3.8) is 0 Å². The second-order valence-electron chi connectivity index (χ2n) is 5.71. The SMILES string of the molecule is CCCCCCCCC(=O)c1c(C)cc(C)cc1C. The molecule has 0 radical (unpaired) electrons. The van der Waals surface area contributed by atoms with Crippen molar-refractivity contribution in [2.45, 2.75) is 72.6 Å². The van der Waals surface area contributed by atoms with Gasteiger partial charge in [0.25, 0.3) is 0 Å². The number of rotatable bonds is 8. The number of carbonyl (C=O) groups excluding carboxylic acids is 1. The number of ketones is 1. The molecule has 1 rings (SSSR count). The molecule has 0 aliphatic rings. The minimum Gasteiger partial charge on any atom is -0.294 e. The van der Waals surface area contributed by atoms with E-state index in [1.807, 2.05) is 0 Å². The quantitative estimate of drug-likeness (QED) is 0.442. The summed E-state index contributed by atoms with van der Waals surface area (Å²) in [6.07, 6.45) is 8.12. The first-order valence-electron chi connectivity index (χ1n) is 7.67. The highest BCUT2D eigenvalue weighted by Crippen LogP contribution is 2.19. The van der Waals surface area contributed by atoms with Crippen molar-refractivity contribution < 1.29 is 4.79 Å². The third kappa shape index (κ3) is 5.18. The lowest BCUT2D eigenvalue weighted by Crippen LogP contribution is -2.05. The summed E-state index contributed by atoms with van der Waals surface area (Å²) in [5.74, 6) is 0.325. The van der Waals surface area contributed by atoms with Crippen molar-refractivity contribution in [1.29, 1.82) is 0 Å². The minimum atomic E-state index is 0.325. The molecule has 0 saturated heterocycles. The van der Waals surface area contributed by atoms with Gasteiger partial charge in [0.2, 0.25) is 0 Å². The summed E-state index contributed by atoms with van der Waals surface area (Å²) in [5.41, 5.74) is 4.47. The van der Waals surface area contributed by atoms with Gasteiger partial charge in [-0.3, -0.25) is 4.79 Å². The number of hydrogen-bond acceptors (Lipinski definition) is 1. The maximum atomic E-state index is 12.3. The molecule has 0 aliphatic carbocycles. The number of Topliss-reactive ketones (excluding diaryl/α,β-unsaturated/α-hetero) is 1. The van der Waals surface area contributed by atoms with Gasteiger partial charge in [0, 0.05) is 12.0 Å². The van der Waals surface area contributed by atoms with Gasteiger partial charge < -0.3 is 0 Å². The third-order valence-electron chi connectivity index (χ3n) is 3.71. The van der Waals surface area contributed by atoms with Gasteiger partial charge in [0.15, 0.2) is 5.78 Å². The summed E-state index contributed by atoms with van der Waals surface area (Å²) in [5, 5.41) is 0. The highest BCUT2D eigenvalue weighted by atomic mass is 16.1. The van der Waals surface area contributed by atoms with E-state index in [1.165, 1.54) is 37.7 Å². The largest absolute Gasteiger partial charge is 0.294 e.